The van der Waals surface area contributed by atoms with E-state index in [4.69, 9.17) is 9.93 Å². The Hall–Kier alpha value is -2.22. The minimum atomic E-state index is -3.92. The van der Waals surface area contributed by atoms with Gasteiger partial charge in [0.1, 0.15) is 5.37 Å². The van der Waals surface area contributed by atoms with Crippen molar-refractivity contribution in [3.63, 3.8) is 0 Å². The molecule has 0 radical (unpaired) electrons. The van der Waals surface area contributed by atoms with E-state index in [-0.39, 0.29) is 30.1 Å². The Balaban J connectivity index is 2.01. The van der Waals surface area contributed by atoms with Crippen molar-refractivity contribution >= 4 is 20.0 Å². The molecule has 1 N–H and O–H groups in total. The molecule has 1 aromatic heterocycles. The van der Waals surface area contributed by atoms with Crippen LogP contribution in [0.3, 0.4) is 0 Å². The lowest BCUT2D eigenvalue weighted by molar-refractivity contribution is -0.765. The standard InChI is InChI=1S/C18H28N6O5S2/c1-3-10-21(11-4-2)31(27,28)18-15-22(30(25,26)16-8-6-5-7-9-16)12-13-23(18)24-14-17(19)29-20-24/h5-9,14,18-19H,3-4,10-13,15H2,1-2H3. The third-order valence-electron chi connectivity index (χ3n) is 5.02. The predicted octanol–water partition coefficient (Wildman–Crippen LogP) is -0.576. The molecular formula is C18H28N6O5S2. The molecule has 2 aromatic rings. The largest absolute Gasteiger partial charge is 0.380 e. The zero-order chi connectivity index (χ0) is 22.6. The van der Waals surface area contributed by atoms with Gasteiger partial charge in [-0.15, -0.1) is 0 Å². The highest BCUT2D eigenvalue weighted by atomic mass is 32.2. The maximum Gasteiger partial charge on any atom is 0.286 e. The van der Waals surface area contributed by atoms with Gasteiger partial charge in [-0.2, -0.15) is 4.31 Å². The second kappa shape index (κ2) is 9.51. The first-order valence-electron chi connectivity index (χ1n) is 10.1. The molecule has 1 atom stereocenters. The van der Waals surface area contributed by atoms with Gasteiger partial charge in [-0.25, -0.2) is 21.1 Å². The molecule has 0 spiro atoms. The molecule has 172 valence electrons. The van der Waals surface area contributed by atoms with Crippen molar-refractivity contribution in [3.8, 4) is 0 Å². The first kappa shape index (κ1) is 23.4. The van der Waals surface area contributed by atoms with E-state index in [1.165, 1.54) is 36.7 Å². The summed E-state index contributed by atoms with van der Waals surface area (Å²) in [6.45, 7) is 4.31. The number of piperazine rings is 1. The van der Waals surface area contributed by atoms with E-state index in [1.54, 1.807) is 18.2 Å². The van der Waals surface area contributed by atoms with Crippen LogP contribution in [0.25, 0.3) is 0 Å². The fourth-order valence-corrected chi connectivity index (χ4v) is 7.21. The molecule has 1 aliphatic heterocycles. The minimum Gasteiger partial charge on any atom is -0.380 e. The number of aromatic nitrogens is 2. The van der Waals surface area contributed by atoms with Crippen LogP contribution in [-0.4, -0.2) is 63.5 Å². The number of hydrogen-bond donors (Lipinski definition) is 1. The molecule has 1 saturated heterocycles. The van der Waals surface area contributed by atoms with Gasteiger partial charge in [-0.1, -0.05) is 36.8 Å². The van der Waals surface area contributed by atoms with Crippen molar-refractivity contribution in [2.45, 2.75) is 37.0 Å². The van der Waals surface area contributed by atoms with Crippen LogP contribution in [0.5, 0.6) is 0 Å². The fourth-order valence-electron chi connectivity index (χ4n) is 3.56. The molecular weight excluding hydrogens is 444 g/mol. The highest BCUT2D eigenvalue weighted by molar-refractivity contribution is 7.90. The van der Waals surface area contributed by atoms with Crippen LogP contribution in [0.1, 0.15) is 26.7 Å². The van der Waals surface area contributed by atoms with E-state index in [0.29, 0.717) is 25.9 Å². The van der Waals surface area contributed by atoms with Crippen molar-refractivity contribution < 1.29 is 26.1 Å². The summed E-state index contributed by atoms with van der Waals surface area (Å²) in [5.41, 5.74) is -0.227. The molecule has 11 nitrogen and oxygen atoms in total. The van der Waals surface area contributed by atoms with Gasteiger partial charge in [0.25, 0.3) is 11.8 Å². The normalized spacial score (nSPS) is 18.5. The highest BCUT2D eigenvalue weighted by Crippen LogP contribution is 2.22. The first-order chi connectivity index (χ1) is 14.7. The highest BCUT2D eigenvalue weighted by Gasteiger charge is 2.43. The smallest absolute Gasteiger partial charge is 0.286 e. The van der Waals surface area contributed by atoms with Gasteiger partial charge in [0.15, 0.2) is 0 Å². The van der Waals surface area contributed by atoms with Gasteiger partial charge in [0.05, 0.1) is 4.90 Å². The Kier molecular flexibility index (Phi) is 7.19. The predicted molar refractivity (Wildman–Crippen MR) is 111 cm³/mol. The molecule has 3 rings (SSSR count). The van der Waals surface area contributed by atoms with Gasteiger partial charge in [0, 0.05) is 32.7 Å². The lowest BCUT2D eigenvalue weighted by atomic mass is 10.4. The molecule has 1 aromatic carbocycles. The Morgan fingerprint density at radius 1 is 1.13 bits per heavy atom. The number of rotatable bonds is 9. The molecule has 0 saturated carbocycles. The second-order valence-corrected chi connectivity index (χ2v) is 11.3. The zero-order valence-electron chi connectivity index (χ0n) is 17.6. The quantitative estimate of drug-likeness (QED) is 0.483. The van der Waals surface area contributed by atoms with Gasteiger partial charge in [0.2, 0.25) is 20.0 Å². The van der Waals surface area contributed by atoms with Crippen molar-refractivity contribution in [2.75, 3.05) is 37.7 Å². The first-order valence-corrected chi connectivity index (χ1v) is 13.1. The molecule has 1 fully saturated rings. The third-order valence-corrected chi connectivity index (χ3v) is 9.06. The van der Waals surface area contributed by atoms with Gasteiger partial charge in [-0.05, 0) is 30.2 Å². The van der Waals surface area contributed by atoms with Crippen molar-refractivity contribution in [3.05, 3.63) is 42.1 Å². The number of nitrogens with zero attached hydrogens (tertiary/aromatic N) is 5. The van der Waals surface area contributed by atoms with E-state index in [1.807, 2.05) is 13.8 Å². The third kappa shape index (κ3) is 4.84. The van der Waals surface area contributed by atoms with E-state index >= 15 is 0 Å². The summed E-state index contributed by atoms with van der Waals surface area (Å²) in [5.74, 6) is 0. The zero-order valence-corrected chi connectivity index (χ0v) is 19.2. The lowest BCUT2D eigenvalue weighted by Gasteiger charge is -2.42. The van der Waals surface area contributed by atoms with E-state index in [0.717, 1.165) is 0 Å². The van der Waals surface area contributed by atoms with Crippen molar-refractivity contribution in [2.24, 2.45) is 0 Å². The maximum absolute atomic E-state index is 13.6. The Labute approximate surface area is 182 Å². The topological polar surface area (TPSA) is 133 Å². The summed E-state index contributed by atoms with van der Waals surface area (Å²) in [6.07, 6.45) is 2.52. The lowest BCUT2D eigenvalue weighted by Crippen LogP contribution is -2.74. The monoisotopic (exact) mass is 472 g/mol. The number of nitrogens with one attached hydrogen (secondary N) is 1. The Morgan fingerprint density at radius 3 is 2.32 bits per heavy atom. The van der Waals surface area contributed by atoms with Crippen LogP contribution in [0, 0.1) is 5.41 Å². The van der Waals surface area contributed by atoms with Crippen LogP contribution in [0.4, 0.5) is 0 Å². The van der Waals surface area contributed by atoms with E-state index in [2.05, 4.69) is 5.27 Å². The summed E-state index contributed by atoms with van der Waals surface area (Å²) in [7, 11) is -7.79. The summed E-state index contributed by atoms with van der Waals surface area (Å²) < 4.78 is 60.9. The molecule has 1 aliphatic rings. The number of benzene rings is 1. The maximum atomic E-state index is 13.6. The van der Waals surface area contributed by atoms with E-state index < -0.39 is 25.4 Å². The minimum absolute atomic E-state index is 0.0675. The van der Waals surface area contributed by atoms with E-state index in [9.17, 15) is 16.8 Å². The van der Waals surface area contributed by atoms with Gasteiger partial charge in [-0.3, -0.25) is 10.4 Å². The summed E-state index contributed by atoms with van der Waals surface area (Å²) >= 11 is 0. The summed E-state index contributed by atoms with van der Waals surface area (Å²) in [5, 5.41) is 11.5. The molecule has 0 bridgehead atoms. The van der Waals surface area contributed by atoms with Gasteiger partial charge < -0.3 is 4.52 Å². The average molecular weight is 473 g/mol. The van der Waals surface area contributed by atoms with Gasteiger partial charge >= 0.3 is 0 Å². The summed E-state index contributed by atoms with van der Waals surface area (Å²) in [6, 6.07) is 7.96. The number of hydrogen-bond acceptors (Lipinski definition) is 7. The van der Waals surface area contributed by atoms with Crippen LogP contribution >= 0.6 is 0 Å². The molecule has 2 heterocycles. The molecule has 13 heteroatoms. The van der Waals surface area contributed by atoms with Crippen molar-refractivity contribution in [1.29, 1.82) is 5.41 Å². The SMILES string of the molecule is CCCN(CCC)S(=O)(=O)C1CN(S(=O)(=O)c2ccccc2)CCN1[n+]1cc(=N)o[n-]1. The molecule has 0 aliphatic carbocycles. The Morgan fingerprint density at radius 2 is 1.77 bits per heavy atom. The van der Waals surface area contributed by atoms with Crippen LogP contribution in [-0.2, 0) is 20.0 Å². The Bertz CT molecular complexity index is 1120. The molecule has 1 unspecified atom stereocenters. The van der Waals surface area contributed by atoms with Crippen molar-refractivity contribution in [1.82, 2.24) is 13.9 Å². The second-order valence-electron chi connectivity index (χ2n) is 7.22. The molecule has 0 amide bonds. The fraction of sp³-hybridized carbons (Fsp3) is 0.556. The van der Waals surface area contributed by atoms with Crippen LogP contribution in [0.2, 0.25) is 0 Å². The summed E-state index contributed by atoms with van der Waals surface area (Å²) in [4.78, 5) is 1.29. The number of sulfonamides is 2. The average Bonchev–Trinajstić information content (AvgIpc) is 3.20. The molecule has 31 heavy (non-hydrogen) atoms. The van der Waals surface area contributed by atoms with Crippen LogP contribution < -0.4 is 20.6 Å². The van der Waals surface area contributed by atoms with Crippen LogP contribution in [0.15, 0.2) is 45.9 Å².